The SMILES string of the molecule is Cc1cc(O)cc(C)c1CC(NC(=O)OC(C)(C)C)C(=O)N1Cc2ccccc2CC1C(=O)N[C@@H](CCCCNC(=O)OCc1ccccc1)C(=O)NCc1ccccc1. The first-order valence-corrected chi connectivity index (χ1v) is 20.4. The lowest BCUT2D eigenvalue weighted by molar-refractivity contribution is -0.144. The van der Waals surface area contributed by atoms with Gasteiger partial charge >= 0.3 is 12.2 Å². The highest BCUT2D eigenvalue weighted by Crippen LogP contribution is 2.27. The summed E-state index contributed by atoms with van der Waals surface area (Å²) in [4.78, 5) is 70.2. The van der Waals surface area contributed by atoms with Crippen LogP contribution in [0.5, 0.6) is 5.75 Å². The van der Waals surface area contributed by atoms with Crippen LogP contribution in [-0.2, 0) is 56.4 Å². The number of benzene rings is 4. The number of nitrogens with zero attached hydrogens (tertiary/aromatic N) is 1. The van der Waals surface area contributed by atoms with Crippen molar-refractivity contribution in [3.63, 3.8) is 0 Å². The fraction of sp³-hybridized carbons (Fsp3) is 0.383. The number of aromatic hydroxyl groups is 1. The quantitative estimate of drug-likeness (QED) is 0.0820. The molecular formula is C47H57N5O8. The van der Waals surface area contributed by atoms with Crippen molar-refractivity contribution in [1.29, 1.82) is 0 Å². The Balaban J connectivity index is 1.34. The highest BCUT2D eigenvalue weighted by Gasteiger charge is 2.40. The van der Waals surface area contributed by atoms with E-state index in [2.05, 4.69) is 21.3 Å². The van der Waals surface area contributed by atoms with E-state index in [-0.39, 0.29) is 50.6 Å². The van der Waals surface area contributed by atoms with E-state index in [1.165, 1.54) is 4.90 Å². The van der Waals surface area contributed by atoms with Gasteiger partial charge in [-0.15, -0.1) is 0 Å². The summed E-state index contributed by atoms with van der Waals surface area (Å²) in [5.41, 5.74) is 4.89. The minimum absolute atomic E-state index is 0.0703. The van der Waals surface area contributed by atoms with Crippen LogP contribution in [0.25, 0.3) is 0 Å². The van der Waals surface area contributed by atoms with Gasteiger partial charge in [0, 0.05) is 32.5 Å². The van der Waals surface area contributed by atoms with E-state index in [0.717, 1.165) is 38.9 Å². The van der Waals surface area contributed by atoms with Gasteiger partial charge in [-0.05, 0) is 105 Å². The largest absolute Gasteiger partial charge is 0.508 e. The second-order valence-corrected chi connectivity index (χ2v) is 16.2. The van der Waals surface area contributed by atoms with Crippen LogP contribution in [0.3, 0.4) is 0 Å². The average molecular weight is 820 g/mol. The molecule has 5 amide bonds. The Morgan fingerprint density at radius 3 is 2.03 bits per heavy atom. The van der Waals surface area contributed by atoms with Crippen LogP contribution in [0.2, 0.25) is 0 Å². The Kier molecular flexibility index (Phi) is 15.7. The molecule has 318 valence electrons. The highest BCUT2D eigenvalue weighted by atomic mass is 16.6. The zero-order chi connectivity index (χ0) is 43.2. The van der Waals surface area contributed by atoms with Crippen molar-refractivity contribution in [2.45, 2.75) is 110 Å². The molecule has 1 aliphatic rings. The molecule has 3 atom stereocenters. The highest BCUT2D eigenvalue weighted by molar-refractivity contribution is 5.94. The Morgan fingerprint density at radius 1 is 0.767 bits per heavy atom. The zero-order valence-electron chi connectivity index (χ0n) is 35.1. The number of carbonyl (C=O) groups is 5. The van der Waals surface area contributed by atoms with Crippen molar-refractivity contribution in [1.82, 2.24) is 26.2 Å². The molecule has 2 unspecified atom stereocenters. The van der Waals surface area contributed by atoms with Gasteiger partial charge in [-0.25, -0.2) is 9.59 Å². The third kappa shape index (κ3) is 13.3. The van der Waals surface area contributed by atoms with Crippen LogP contribution in [0, 0.1) is 13.8 Å². The van der Waals surface area contributed by atoms with E-state index in [1.54, 1.807) is 32.9 Å². The third-order valence-electron chi connectivity index (χ3n) is 10.3. The van der Waals surface area contributed by atoms with E-state index >= 15 is 0 Å². The summed E-state index contributed by atoms with van der Waals surface area (Å²) in [6.45, 7) is 9.59. The topological polar surface area (TPSA) is 175 Å². The van der Waals surface area contributed by atoms with Crippen LogP contribution in [0.1, 0.15) is 79.0 Å². The molecule has 0 aliphatic carbocycles. The summed E-state index contributed by atoms with van der Waals surface area (Å²) in [6, 6.07) is 26.4. The van der Waals surface area contributed by atoms with Crippen molar-refractivity contribution in [3.8, 4) is 5.75 Å². The molecule has 1 heterocycles. The van der Waals surface area contributed by atoms with Gasteiger partial charge < -0.3 is 40.7 Å². The van der Waals surface area contributed by atoms with E-state index in [1.807, 2.05) is 98.8 Å². The van der Waals surface area contributed by atoms with E-state index in [9.17, 15) is 29.1 Å². The van der Waals surface area contributed by atoms with Crippen LogP contribution < -0.4 is 21.3 Å². The van der Waals surface area contributed by atoms with Crippen LogP contribution in [0.4, 0.5) is 9.59 Å². The maximum absolute atomic E-state index is 14.8. The van der Waals surface area contributed by atoms with Gasteiger partial charge in [-0.1, -0.05) is 84.9 Å². The molecule has 1 aliphatic heterocycles. The molecule has 13 heteroatoms. The summed E-state index contributed by atoms with van der Waals surface area (Å²) >= 11 is 0. The summed E-state index contributed by atoms with van der Waals surface area (Å²) in [5.74, 6) is -1.33. The standard InChI is InChI=1S/C47H57N5O8/c1-31-24-37(53)25-32(2)38(31)27-40(51-46(58)60-47(3,4)5)44(56)52-29-36-21-13-12-20-35(36)26-41(52)43(55)50-39(42(54)49-28-33-16-8-6-9-17-33)22-14-15-23-48-45(57)59-30-34-18-10-7-11-19-34/h6-13,16-21,24-25,39-41,53H,14-15,22-23,26-30H2,1-5H3,(H,48,57)(H,49,54)(H,50,55)(H,51,58)/t39-,40?,41?/m0/s1. The van der Waals surface area contributed by atoms with Crippen molar-refractivity contribution < 1.29 is 38.6 Å². The predicted molar refractivity (Wildman–Crippen MR) is 228 cm³/mol. The Morgan fingerprint density at radius 2 is 1.38 bits per heavy atom. The number of phenols is 1. The first-order chi connectivity index (χ1) is 28.7. The number of nitrogens with one attached hydrogen (secondary N) is 4. The number of carbonyl (C=O) groups excluding carboxylic acids is 5. The second kappa shape index (κ2) is 21.1. The van der Waals surface area contributed by atoms with Crippen molar-refractivity contribution in [2.75, 3.05) is 6.54 Å². The van der Waals surface area contributed by atoms with Gasteiger partial charge in [0.2, 0.25) is 17.7 Å². The number of unbranched alkanes of at least 4 members (excludes halogenated alkanes) is 1. The van der Waals surface area contributed by atoms with Gasteiger partial charge in [-0.2, -0.15) is 0 Å². The number of rotatable bonds is 16. The van der Waals surface area contributed by atoms with Crippen LogP contribution in [-0.4, -0.2) is 70.2 Å². The molecule has 0 bridgehead atoms. The van der Waals surface area contributed by atoms with Crippen molar-refractivity contribution in [2.24, 2.45) is 0 Å². The molecule has 0 fully saturated rings. The lowest BCUT2D eigenvalue weighted by atomic mass is 9.91. The molecule has 0 aromatic heterocycles. The molecule has 4 aromatic carbocycles. The lowest BCUT2D eigenvalue weighted by Crippen LogP contribution is -2.60. The van der Waals surface area contributed by atoms with Gasteiger partial charge in [0.15, 0.2) is 0 Å². The van der Waals surface area contributed by atoms with Crippen molar-refractivity contribution in [3.05, 3.63) is 136 Å². The van der Waals surface area contributed by atoms with Gasteiger partial charge in [0.1, 0.15) is 36.1 Å². The number of ether oxygens (including phenoxy) is 2. The number of hydrogen-bond acceptors (Lipinski definition) is 8. The molecule has 0 spiro atoms. The smallest absolute Gasteiger partial charge is 0.408 e. The van der Waals surface area contributed by atoms with Gasteiger partial charge in [0.25, 0.3) is 0 Å². The number of aryl methyl sites for hydroxylation is 2. The Labute approximate surface area is 352 Å². The number of phenolic OH excluding ortho intramolecular Hbond substituents is 1. The summed E-state index contributed by atoms with van der Waals surface area (Å²) < 4.78 is 10.9. The number of amides is 5. The van der Waals surface area contributed by atoms with Gasteiger partial charge in [0.05, 0.1) is 0 Å². The number of fused-ring (bicyclic) bond motifs is 1. The van der Waals surface area contributed by atoms with Crippen molar-refractivity contribution >= 4 is 29.9 Å². The van der Waals surface area contributed by atoms with E-state index in [4.69, 9.17) is 9.47 Å². The normalized spacial score (nSPS) is 14.5. The average Bonchev–Trinajstić information content (AvgIpc) is 3.21. The minimum Gasteiger partial charge on any atom is -0.508 e. The maximum atomic E-state index is 14.8. The summed E-state index contributed by atoms with van der Waals surface area (Å²) in [7, 11) is 0. The number of hydrogen-bond donors (Lipinski definition) is 5. The minimum atomic E-state index is -1.14. The lowest BCUT2D eigenvalue weighted by Gasteiger charge is -2.39. The zero-order valence-corrected chi connectivity index (χ0v) is 35.1. The molecule has 0 saturated carbocycles. The second-order valence-electron chi connectivity index (χ2n) is 16.2. The molecule has 5 N–H and O–H groups in total. The fourth-order valence-electron chi connectivity index (χ4n) is 7.22. The maximum Gasteiger partial charge on any atom is 0.408 e. The molecule has 5 rings (SSSR count). The molecule has 0 radical (unpaired) electrons. The first-order valence-electron chi connectivity index (χ1n) is 20.4. The van der Waals surface area contributed by atoms with Crippen LogP contribution >= 0.6 is 0 Å². The van der Waals surface area contributed by atoms with Crippen LogP contribution in [0.15, 0.2) is 97.1 Å². The fourth-order valence-corrected chi connectivity index (χ4v) is 7.22. The third-order valence-corrected chi connectivity index (χ3v) is 10.3. The predicted octanol–water partition coefficient (Wildman–Crippen LogP) is 6.30. The first kappa shape index (κ1) is 44.7. The molecule has 13 nitrogen and oxygen atoms in total. The summed E-state index contributed by atoms with van der Waals surface area (Å²) in [6.07, 6.45) is 0.148. The van der Waals surface area contributed by atoms with E-state index < -0.39 is 47.7 Å². The molecular weight excluding hydrogens is 763 g/mol. The Bertz CT molecular complexity index is 2080. The molecule has 60 heavy (non-hydrogen) atoms. The summed E-state index contributed by atoms with van der Waals surface area (Å²) in [5, 5.41) is 21.7. The molecule has 0 saturated heterocycles. The van der Waals surface area contributed by atoms with Gasteiger partial charge in [-0.3, -0.25) is 14.4 Å². The molecule has 4 aromatic rings. The number of alkyl carbamates (subject to hydrolysis) is 2. The Hall–Kier alpha value is -6.37. The monoisotopic (exact) mass is 819 g/mol. The van der Waals surface area contributed by atoms with E-state index in [0.29, 0.717) is 19.4 Å².